The molecule has 6 nitrogen and oxygen atoms in total. The molecule has 188 valence electrons. The molecule has 5 rings (SSSR count). The minimum absolute atomic E-state index is 0.0177. The van der Waals surface area contributed by atoms with Gasteiger partial charge in [-0.3, -0.25) is 0 Å². The van der Waals surface area contributed by atoms with Crippen LogP contribution in [0.3, 0.4) is 0 Å². The number of alkyl halides is 2. The fourth-order valence-corrected chi connectivity index (χ4v) is 5.76. The summed E-state index contributed by atoms with van der Waals surface area (Å²) >= 11 is 1.48. The fourth-order valence-electron chi connectivity index (χ4n) is 4.21. The van der Waals surface area contributed by atoms with E-state index in [-0.39, 0.29) is 11.7 Å². The van der Waals surface area contributed by atoms with Gasteiger partial charge in [0, 0.05) is 50.9 Å². The molecule has 2 aromatic heterocycles. The predicted molar refractivity (Wildman–Crippen MR) is 138 cm³/mol. The van der Waals surface area contributed by atoms with E-state index in [1.165, 1.54) is 29.9 Å². The lowest BCUT2D eigenvalue weighted by Gasteiger charge is -2.32. The molecule has 0 N–H and O–H groups in total. The maximum atomic E-state index is 13.4. The van der Waals surface area contributed by atoms with Crippen LogP contribution in [0.1, 0.15) is 25.3 Å². The molecule has 1 aliphatic heterocycles. The molecular weight excluding hydrogens is 504 g/mol. The number of sulfone groups is 1. The van der Waals surface area contributed by atoms with E-state index >= 15 is 0 Å². The summed E-state index contributed by atoms with van der Waals surface area (Å²) in [5.74, 6) is -2.20. The molecule has 0 spiro atoms. The van der Waals surface area contributed by atoms with Crippen LogP contribution < -0.4 is 9.64 Å². The first-order valence-electron chi connectivity index (χ1n) is 11.5. The van der Waals surface area contributed by atoms with Crippen molar-refractivity contribution < 1.29 is 21.9 Å². The average Bonchev–Trinajstić information content (AvgIpc) is 3.25. The zero-order chi connectivity index (χ0) is 25.5. The Morgan fingerprint density at radius 3 is 2.33 bits per heavy atom. The molecule has 3 heterocycles. The highest BCUT2D eigenvalue weighted by Gasteiger charge is 2.26. The standard InChI is InChI=1S/C26H25F2N3O3S2/c1-26(27,28)19-6-10-24(29-16-19)31-13-11-20(12-14-31)34-25-30-22-9-5-18(15-23(22)35-25)17-3-7-21(8-4-17)36(2,32)33/h3-10,15-16,20H,11-14H2,1-2H3. The molecule has 1 saturated heterocycles. The molecular formula is C26H25F2N3O3S2. The highest BCUT2D eigenvalue weighted by atomic mass is 32.2. The minimum Gasteiger partial charge on any atom is -0.467 e. The quantitative estimate of drug-likeness (QED) is 0.309. The number of thiazole rings is 1. The monoisotopic (exact) mass is 529 g/mol. The second kappa shape index (κ2) is 9.40. The maximum Gasteiger partial charge on any atom is 0.274 e. The van der Waals surface area contributed by atoms with Crippen LogP contribution in [0, 0.1) is 0 Å². The number of pyridine rings is 1. The Balaban J connectivity index is 1.23. The van der Waals surface area contributed by atoms with Crippen molar-refractivity contribution in [2.45, 2.75) is 36.7 Å². The van der Waals surface area contributed by atoms with Gasteiger partial charge in [-0.05, 0) is 47.5 Å². The van der Waals surface area contributed by atoms with Crippen molar-refractivity contribution in [1.29, 1.82) is 0 Å². The third-order valence-electron chi connectivity index (χ3n) is 6.27. The molecule has 0 unspecified atom stereocenters. The van der Waals surface area contributed by atoms with Crippen LogP contribution in [-0.4, -0.2) is 43.8 Å². The second-order valence-electron chi connectivity index (χ2n) is 9.06. The van der Waals surface area contributed by atoms with Crippen LogP contribution in [0.5, 0.6) is 5.19 Å². The number of anilines is 1. The molecule has 0 atom stereocenters. The van der Waals surface area contributed by atoms with Crippen molar-refractivity contribution >= 4 is 37.2 Å². The summed E-state index contributed by atoms with van der Waals surface area (Å²) in [6.45, 7) is 2.31. The van der Waals surface area contributed by atoms with E-state index in [1.807, 2.05) is 18.2 Å². The normalized spacial score (nSPS) is 15.4. The molecule has 0 aliphatic carbocycles. The topological polar surface area (TPSA) is 72.4 Å². The summed E-state index contributed by atoms with van der Waals surface area (Å²) in [5, 5.41) is 0.612. The summed E-state index contributed by atoms with van der Waals surface area (Å²) in [6, 6.07) is 15.9. The fraction of sp³-hybridized carbons (Fsp3) is 0.308. The van der Waals surface area contributed by atoms with E-state index in [1.54, 1.807) is 30.3 Å². The van der Waals surface area contributed by atoms with E-state index in [2.05, 4.69) is 14.9 Å². The highest BCUT2D eigenvalue weighted by Crippen LogP contribution is 2.34. The van der Waals surface area contributed by atoms with Gasteiger partial charge in [0.1, 0.15) is 11.9 Å². The van der Waals surface area contributed by atoms with Gasteiger partial charge in [-0.1, -0.05) is 29.5 Å². The Kier molecular flexibility index (Phi) is 6.42. The highest BCUT2D eigenvalue weighted by molar-refractivity contribution is 7.90. The van der Waals surface area contributed by atoms with Gasteiger partial charge in [-0.2, -0.15) is 0 Å². The summed E-state index contributed by atoms with van der Waals surface area (Å²) in [7, 11) is -3.23. The number of hydrogen-bond acceptors (Lipinski definition) is 7. The smallest absolute Gasteiger partial charge is 0.274 e. The van der Waals surface area contributed by atoms with E-state index < -0.39 is 15.8 Å². The Morgan fingerprint density at radius 2 is 1.72 bits per heavy atom. The Labute approximate surface area is 212 Å². The zero-order valence-corrected chi connectivity index (χ0v) is 21.5. The zero-order valence-electron chi connectivity index (χ0n) is 19.8. The number of nitrogens with zero attached hydrogens (tertiary/aromatic N) is 3. The summed E-state index contributed by atoms with van der Waals surface area (Å²) in [4.78, 5) is 11.2. The maximum absolute atomic E-state index is 13.4. The van der Waals surface area contributed by atoms with Crippen LogP contribution in [0.15, 0.2) is 65.7 Å². The van der Waals surface area contributed by atoms with Gasteiger partial charge in [0.05, 0.1) is 15.1 Å². The third-order valence-corrected chi connectivity index (χ3v) is 8.31. The molecule has 1 fully saturated rings. The SMILES string of the molecule is CC(F)(F)c1ccc(N2CCC(Oc3nc4ccc(-c5ccc(S(C)(=O)=O)cc5)cc4s3)CC2)nc1. The first-order valence-corrected chi connectivity index (χ1v) is 14.2. The van der Waals surface area contributed by atoms with Crippen LogP contribution in [0.4, 0.5) is 14.6 Å². The largest absolute Gasteiger partial charge is 0.467 e. The molecule has 10 heteroatoms. The second-order valence-corrected chi connectivity index (χ2v) is 12.1. The van der Waals surface area contributed by atoms with Crippen molar-refractivity contribution in [3.63, 3.8) is 0 Å². The van der Waals surface area contributed by atoms with Gasteiger partial charge < -0.3 is 9.64 Å². The summed E-state index contributed by atoms with van der Waals surface area (Å²) in [6.07, 6.45) is 4.01. The van der Waals surface area contributed by atoms with E-state index in [9.17, 15) is 17.2 Å². The molecule has 0 radical (unpaired) electrons. The van der Waals surface area contributed by atoms with Gasteiger partial charge >= 0.3 is 0 Å². The number of ether oxygens (including phenoxy) is 1. The number of rotatable bonds is 6. The molecule has 36 heavy (non-hydrogen) atoms. The van der Waals surface area contributed by atoms with Crippen molar-refractivity contribution in [3.8, 4) is 16.3 Å². The average molecular weight is 530 g/mol. The van der Waals surface area contributed by atoms with Crippen molar-refractivity contribution in [2.24, 2.45) is 0 Å². The van der Waals surface area contributed by atoms with Crippen molar-refractivity contribution in [2.75, 3.05) is 24.2 Å². The molecule has 0 amide bonds. The van der Waals surface area contributed by atoms with Gasteiger partial charge in [-0.25, -0.2) is 27.2 Å². The molecule has 0 saturated carbocycles. The van der Waals surface area contributed by atoms with Gasteiger partial charge in [0.15, 0.2) is 9.84 Å². The van der Waals surface area contributed by atoms with Crippen LogP contribution in [0.2, 0.25) is 0 Å². The Bertz CT molecular complexity index is 1470. The van der Waals surface area contributed by atoms with Crippen LogP contribution >= 0.6 is 11.3 Å². The van der Waals surface area contributed by atoms with Gasteiger partial charge in [0.25, 0.3) is 11.1 Å². The molecule has 1 aliphatic rings. The lowest BCUT2D eigenvalue weighted by Crippen LogP contribution is -2.38. The van der Waals surface area contributed by atoms with Crippen LogP contribution in [-0.2, 0) is 15.8 Å². The number of halogens is 2. The Morgan fingerprint density at radius 1 is 1.03 bits per heavy atom. The summed E-state index contributed by atoms with van der Waals surface area (Å²) < 4.78 is 57.4. The van der Waals surface area contributed by atoms with E-state index in [4.69, 9.17) is 4.74 Å². The first-order chi connectivity index (χ1) is 17.1. The van der Waals surface area contributed by atoms with E-state index in [0.29, 0.717) is 15.9 Å². The predicted octanol–water partition coefficient (Wildman–Crippen LogP) is 5.92. The number of benzene rings is 2. The molecule has 0 bridgehead atoms. The van der Waals surface area contributed by atoms with Crippen molar-refractivity contribution in [3.05, 3.63) is 66.4 Å². The Hall–Kier alpha value is -3.11. The number of aromatic nitrogens is 2. The van der Waals surface area contributed by atoms with Crippen LogP contribution in [0.25, 0.3) is 21.3 Å². The van der Waals surface area contributed by atoms with E-state index in [0.717, 1.165) is 54.2 Å². The third kappa shape index (κ3) is 5.34. The number of hydrogen-bond donors (Lipinski definition) is 0. The first kappa shape index (κ1) is 24.6. The van der Waals surface area contributed by atoms with Gasteiger partial charge in [-0.15, -0.1) is 0 Å². The number of fused-ring (bicyclic) bond motifs is 1. The molecule has 4 aromatic rings. The molecule has 2 aromatic carbocycles. The van der Waals surface area contributed by atoms with Crippen molar-refractivity contribution in [1.82, 2.24) is 9.97 Å². The minimum atomic E-state index is -3.23. The summed E-state index contributed by atoms with van der Waals surface area (Å²) in [5.41, 5.74) is 2.66. The number of piperidine rings is 1. The lowest BCUT2D eigenvalue weighted by molar-refractivity contribution is 0.0171. The lowest BCUT2D eigenvalue weighted by atomic mass is 10.1. The van der Waals surface area contributed by atoms with Gasteiger partial charge in [0.2, 0.25) is 0 Å².